The van der Waals surface area contributed by atoms with Gasteiger partial charge in [0.15, 0.2) is 0 Å². The summed E-state index contributed by atoms with van der Waals surface area (Å²) in [6.45, 7) is 5.33. The molecule has 0 radical (unpaired) electrons. The fourth-order valence-electron chi connectivity index (χ4n) is 2.77. The summed E-state index contributed by atoms with van der Waals surface area (Å²) in [6, 6.07) is 5.27. The molecule has 0 aromatic carbocycles. The number of nitrogens with one attached hydrogen (secondary N) is 1. The molecule has 1 fully saturated rings. The number of nitrogens with zero attached hydrogens (tertiary/aromatic N) is 4. The summed E-state index contributed by atoms with van der Waals surface area (Å²) in [4.78, 5) is 11.1. The van der Waals surface area contributed by atoms with E-state index in [1.165, 1.54) is 6.42 Å². The van der Waals surface area contributed by atoms with Gasteiger partial charge in [-0.2, -0.15) is 0 Å². The highest BCUT2D eigenvalue weighted by Crippen LogP contribution is 2.19. The van der Waals surface area contributed by atoms with Gasteiger partial charge in [0.1, 0.15) is 11.6 Å². The number of anilines is 1. The SMILES string of the molecule is Cc1nccn1-c1ccc(NC2CC(C)N(C)C2)cn1. The predicted molar refractivity (Wildman–Crippen MR) is 80.2 cm³/mol. The molecule has 3 heterocycles. The van der Waals surface area contributed by atoms with Gasteiger partial charge in [-0.25, -0.2) is 9.97 Å². The Labute approximate surface area is 119 Å². The summed E-state index contributed by atoms with van der Waals surface area (Å²) in [5, 5.41) is 3.56. The molecule has 0 saturated carbocycles. The maximum atomic E-state index is 4.51. The lowest BCUT2D eigenvalue weighted by Gasteiger charge is -2.14. The number of likely N-dealkylation sites (N-methyl/N-ethyl adjacent to an activating group) is 1. The molecule has 1 aliphatic heterocycles. The summed E-state index contributed by atoms with van der Waals surface area (Å²) in [5.41, 5.74) is 1.08. The summed E-state index contributed by atoms with van der Waals surface area (Å²) >= 11 is 0. The number of aryl methyl sites for hydroxylation is 1. The maximum absolute atomic E-state index is 4.51. The lowest BCUT2D eigenvalue weighted by Crippen LogP contribution is -2.24. The molecule has 20 heavy (non-hydrogen) atoms. The second-order valence-electron chi connectivity index (χ2n) is 5.62. The van der Waals surface area contributed by atoms with E-state index < -0.39 is 0 Å². The Kier molecular flexibility index (Phi) is 3.44. The Morgan fingerprint density at radius 2 is 2.15 bits per heavy atom. The number of imidazole rings is 1. The van der Waals surface area contributed by atoms with Crippen LogP contribution in [-0.4, -0.2) is 45.1 Å². The molecule has 2 unspecified atom stereocenters. The van der Waals surface area contributed by atoms with Crippen molar-refractivity contribution in [1.29, 1.82) is 0 Å². The molecule has 5 heteroatoms. The van der Waals surface area contributed by atoms with Gasteiger partial charge in [0, 0.05) is 31.0 Å². The van der Waals surface area contributed by atoms with Gasteiger partial charge < -0.3 is 10.2 Å². The van der Waals surface area contributed by atoms with Crippen LogP contribution in [0.25, 0.3) is 5.82 Å². The first-order valence-corrected chi connectivity index (χ1v) is 7.06. The topological polar surface area (TPSA) is 46.0 Å². The summed E-state index contributed by atoms with van der Waals surface area (Å²) in [5.74, 6) is 1.85. The summed E-state index contributed by atoms with van der Waals surface area (Å²) in [6.07, 6.45) is 6.80. The Balaban J connectivity index is 1.69. The van der Waals surface area contributed by atoms with Crippen molar-refractivity contribution < 1.29 is 0 Å². The molecular weight excluding hydrogens is 250 g/mol. The van der Waals surface area contributed by atoms with Crippen molar-refractivity contribution in [2.45, 2.75) is 32.4 Å². The zero-order chi connectivity index (χ0) is 14.1. The number of pyridine rings is 1. The zero-order valence-corrected chi connectivity index (χ0v) is 12.2. The van der Waals surface area contributed by atoms with Crippen LogP contribution in [0.5, 0.6) is 0 Å². The number of likely N-dealkylation sites (tertiary alicyclic amines) is 1. The second kappa shape index (κ2) is 5.25. The number of hydrogen-bond acceptors (Lipinski definition) is 4. The molecule has 1 saturated heterocycles. The molecule has 1 aliphatic rings. The van der Waals surface area contributed by atoms with Gasteiger partial charge in [0.05, 0.1) is 11.9 Å². The van der Waals surface area contributed by atoms with Crippen molar-refractivity contribution in [2.24, 2.45) is 0 Å². The van der Waals surface area contributed by atoms with E-state index in [1.54, 1.807) is 6.20 Å². The molecule has 0 bridgehead atoms. The summed E-state index contributed by atoms with van der Waals surface area (Å²) in [7, 11) is 2.18. The van der Waals surface area contributed by atoms with E-state index in [2.05, 4.69) is 40.2 Å². The van der Waals surface area contributed by atoms with Crippen molar-refractivity contribution in [1.82, 2.24) is 19.4 Å². The first-order chi connectivity index (χ1) is 9.63. The van der Waals surface area contributed by atoms with E-state index in [-0.39, 0.29) is 0 Å². The van der Waals surface area contributed by atoms with Crippen molar-refractivity contribution in [3.63, 3.8) is 0 Å². The molecule has 5 nitrogen and oxygen atoms in total. The predicted octanol–water partition coefficient (Wildman–Crippen LogP) is 2.08. The van der Waals surface area contributed by atoms with E-state index in [0.717, 1.165) is 23.9 Å². The van der Waals surface area contributed by atoms with Crippen LogP contribution in [0, 0.1) is 6.92 Å². The van der Waals surface area contributed by atoms with Crippen LogP contribution >= 0.6 is 0 Å². The standard InChI is InChI=1S/C15H21N5/c1-11-8-14(10-19(11)3)18-13-4-5-15(17-9-13)20-7-6-16-12(20)2/h4-7,9,11,14,18H,8,10H2,1-3H3. The fourth-order valence-corrected chi connectivity index (χ4v) is 2.77. The van der Waals surface area contributed by atoms with Crippen molar-refractivity contribution in [2.75, 3.05) is 18.9 Å². The minimum Gasteiger partial charge on any atom is -0.380 e. The van der Waals surface area contributed by atoms with E-state index in [4.69, 9.17) is 0 Å². The Morgan fingerprint density at radius 1 is 1.30 bits per heavy atom. The van der Waals surface area contributed by atoms with Crippen molar-refractivity contribution in [3.8, 4) is 5.82 Å². The van der Waals surface area contributed by atoms with Crippen LogP contribution in [0.15, 0.2) is 30.7 Å². The number of aromatic nitrogens is 3. The minimum absolute atomic E-state index is 0.512. The van der Waals surface area contributed by atoms with Gasteiger partial charge in [0.25, 0.3) is 0 Å². The first kappa shape index (κ1) is 13.1. The minimum atomic E-state index is 0.512. The van der Waals surface area contributed by atoms with E-state index in [9.17, 15) is 0 Å². The fraction of sp³-hybridized carbons (Fsp3) is 0.467. The normalized spacial score (nSPS) is 23.1. The smallest absolute Gasteiger partial charge is 0.138 e. The van der Waals surface area contributed by atoms with Gasteiger partial charge in [-0.1, -0.05) is 0 Å². The Bertz CT molecular complexity index is 564. The molecule has 2 aromatic heterocycles. The molecule has 0 spiro atoms. The lowest BCUT2D eigenvalue weighted by atomic mass is 10.2. The third kappa shape index (κ3) is 2.54. The van der Waals surface area contributed by atoms with Gasteiger partial charge in [0.2, 0.25) is 0 Å². The van der Waals surface area contributed by atoms with Crippen molar-refractivity contribution >= 4 is 5.69 Å². The third-order valence-electron chi connectivity index (χ3n) is 4.08. The maximum Gasteiger partial charge on any atom is 0.138 e. The number of hydrogen-bond donors (Lipinski definition) is 1. The quantitative estimate of drug-likeness (QED) is 0.928. The van der Waals surface area contributed by atoms with E-state index in [1.807, 2.05) is 30.0 Å². The van der Waals surface area contributed by atoms with Crippen molar-refractivity contribution in [3.05, 3.63) is 36.5 Å². The van der Waals surface area contributed by atoms with Crippen LogP contribution in [0.1, 0.15) is 19.2 Å². The second-order valence-corrected chi connectivity index (χ2v) is 5.62. The zero-order valence-electron chi connectivity index (χ0n) is 12.2. The molecule has 1 N–H and O–H groups in total. The van der Waals surface area contributed by atoms with Crippen LogP contribution in [0.4, 0.5) is 5.69 Å². The molecule has 106 valence electrons. The van der Waals surface area contributed by atoms with E-state index in [0.29, 0.717) is 12.1 Å². The highest BCUT2D eigenvalue weighted by Gasteiger charge is 2.25. The molecule has 3 rings (SSSR count). The molecule has 0 amide bonds. The Morgan fingerprint density at radius 3 is 2.70 bits per heavy atom. The van der Waals surface area contributed by atoms with Gasteiger partial charge in [-0.05, 0) is 39.4 Å². The van der Waals surface area contributed by atoms with Gasteiger partial charge in [-0.3, -0.25) is 4.57 Å². The van der Waals surface area contributed by atoms with Crippen LogP contribution in [0.3, 0.4) is 0 Å². The molecular formula is C15H21N5. The average Bonchev–Trinajstić information content (AvgIpc) is 2.98. The van der Waals surface area contributed by atoms with Crippen LogP contribution < -0.4 is 5.32 Å². The molecule has 0 aliphatic carbocycles. The molecule has 2 aromatic rings. The van der Waals surface area contributed by atoms with Crippen LogP contribution in [-0.2, 0) is 0 Å². The highest BCUT2D eigenvalue weighted by molar-refractivity contribution is 5.45. The largest absolute Gasteiger partial charge is 0.380 e. The van der Waals surface area contributed by atoms with E-state index >= 15 is 0 Å². The van der Waals surface area contributed by atoms with Gasteiger partial charge in [-0.15, -0.1) is 0 Å². The third-order valence-corrected chi connectivity index (χ3v) is 4.08. The number of rotatable bonds is 3. The average molecular weight is 271 g/mol. The summed E-state index contributed by atoms with van der Waals surface area (Å²) < 4.78 is 1.98. The van der Waals surface area contributed by atoms with Gasteiger partial charge >= 0.3 is 0 Å². The highest BCUT2D eigenvalue weighted by atomic mass is 15.2. The monoisotopic (exact) mass is 271 g/mol. The molecule has 2 atom stereocenters. The Hall–Kier alpha value is -1.88. The lowest BCUT2D eigenvalue weighted by molar-refractivity contribution is 0.330. The van der Waals surface area contributed by atoms with Crippen LogP contribution in [0.2, 0.25) is 0 Å². The first-order valence-electron chi connectivity index (χ1n) is 7.06.